The Hall–Kier alpha value is -4.16. The number of fused-ring (bicyclic) bond motifs is 1. The lowest BCUT2D eigenvalue weighted by molar-refractivity contribution is -0.123. The highest BCUT2D eigenvalue weighted by Gasteiger charge is 2.24. The first-order valence-electron chi connectivity index (χ1n) is 12.9. The number of carbonyl (C=O) groups is 1. The number of amides is 1. The minimum atomic E-state index is -1.11. The van der Waals surface area contributed by atoms with E-state index < -0.39 is 40.9 Å². The lowest BCUT2D eigenvalue weighted by Gasteiger charge is -2.25. The fourth-order valence-electron chi connectivity index (χ4n) is 4.69. The molecule has 2 aromatic carbocycles. The van der Waals surface area contributed by atoms with Gasteiger partial charge in [-0.1, -0.05) is 31.2 Å². The van der Waals surface area contributed by atoms with Crippen molar-refractivity contribution in [1.82, 2.24) is 29.3 Å². The molecule has 10 nitrogen and oxygen atoms in total. The Kier molecular flexibility index (Phi) is 8.90. The Labute approximate surface area is 228 Å². The average Bonchev–Trinajstić information content (AvgIpc) is 3.33. The van der Waals surface area contributed by atoms with Gasteiger partial charge in [0.15, 0.2) is 5.52 Å². The lowest BCUT2D eigenvalue weighted by atomic mass is 10.0. The molecule has 0 aliphatic rings. The number of aromatic nitrogens is 4. The first-order valence-corrected chi connectivity index (χ1v) is 12.9. The fourth-order valence-corrected chi connectivity index (χ4v) is 4.69. The maximum absolute atomic E-state index is 13.9. The molecule has 0 aliphatic heterocycles. The zero-order valence-electron chi connectivity index (χ0n) is 22.5. The van der Waals surface area contributed by atoms with Crippen LogP contribution in [-0.4, -0.2) is 48.4 Å². The average molecular weight is 555 g/mol. The van der Waals surface area contributed by atoms with Gasteiger partial charge < -0.3 is 20.3 Å². The van der Waals surface area contributed by atoms with Crippen molar-refractivity contribution in [2.45, 2.75) is 45.0 Å². The summed E-state index contributed by atoms with van der Waals surface area (Å²) in [5.41, 5.74) is 1.51. The normalized spacial score (nSPS) is 12.9. The first kappa shape index (κ1) is 28.8. The third kappa shape index (κ3) is 6.52. The summed E-state index contributed by atoms with van der Waals surface area (Å²) in [7, 11) is 2.80. The molecular formula is C28H32F2N6O4. The largest absolute Gasteiger partial charge is 0.390 e. The van der Waals surface area contributed by atoms with Crippen LogP contribution in [0, 0.1) is 11.6 Å². The second kappa shape index (κ2) is 12.3. The SMILES string of the molecule is CCc1cccc(CNC[C@@H](O)[C@H](Cc2cc(F)cc(F)c2)NC(=O)Cn2cnc3c(=O)n(C)c(=O)n(C)c32)c1. The summed E-state index contributed by atoms with van der Waals surface area (Å²) in [6.07, 6.45) is 1.02. The van der Waals surface area contributed by atoms with Crippen molar-refractivity contribution in [2.24, 2.45) is 14.1 Å². The number of aryl methyl sites for hydroxylation is 2. The van der Waals surface area contributed by atoms with Crippen molar-refractivity contribution in [2.75, 3.05) is 6.54 Å². The van der Waals surface area contributed by atoms with E-state index in [-0.39, 0.29) is 36.2 Å². The van der Waals surface area contributed by atoms with Gasteiger partial charge in [-0.25, -0.2) is 18.6 Å². The van der Waals surface area contributed by atoms with E-state index in [1.807, 2.05) is 18.2 Å². The van der Waals surface area contributed by atoms with Gasteiger partial charge in [-0.2, -0.15) is 0 Å². The number of rotatable bonds is 11. The van der Waals surface area contributed by atoms with E-state index in [0.29, 0.717) is 6.54 Å². The number of benzene rings is 2. The maximum Gasteiger partial charge on any atom is 0.332 e. The van der Waals surface area contributed by atoms with Crippen LogP contribution in [0.15, 0.2) is 58.4 Å². The fraction of sp³-hybridized carbons (Fsp3) is 0.357. The van der Waals surface area contributed by atoms with E-state index in [1.165, 1.54) is 35.1 Å². The second-order valence-corrected chi connectivity index (χ2v) is 9.78. The van der Waals surface area contributed by atoms with Crippen molar-refractivity contribution >= 4 is 17.1 Å². The molecule has 0 saturated carbocycles. The van der Waals surface area contributed by atoms with Crippen LogP contribution in [-0.2, 0) is 44.8 Å². The summed E-state index contributed by atoms with van der Waals surface area (Å²) in [6, 6.07) is 10.1. The van der Waals surface area contributed by atoms with Crippen molar-refractivity contribution in [3.8, 4) is 0 Å². The molecule has 4 aromatic rings. The Morgan fingerprint density at radius 3 is 2.42 bits per heavy atom. The molecule has 0 unspecified atom stereocenters. The molecule has 12 heteroatoms. The number of nitrogens with one attached hydrogen (secondary N) is 2. The van der Waals surface area contributed by atoms with Crippen molar-refractivity contribution in [3.63, 3.8) is 0 Å². The highest BCUT2D eigenvalue weighted by molar-refractivity contribution is 5.79. The van der Waals surface area contributed by atoms with Crippen LogP contribution >= 0.6 is 0 Å². The highest BCUT2D eigenvalue weighted by Crippen LogP contribution is 2.13. The molecule has 2 heterocycles. The predicted octanol–water partition coefficient (Wildman–Crippen LogP) is 1.15. The van der Waals surface area contributed by atoms with Gasteiger partial charge in [0.25, 0.3) is 5.56 Å². The summed E-state index contributed by atoms with van der Waals surface area (Å²) in [5.74, 6) is -2.09. The van der Waals surface area contributed by atoms with Crippen LogP contribution in [0.4, 0.5) is 8.78 Å². The predicted molar refractivity (Wildman–Crippen MR) is 146 cm³/mol. The van der Waals surface area contributed by atoms with Crippen molar-refractivity contribution in [3.05, 3.63) is 98.0 Å². The van der Waals surface area contributed by atoms with E-state index in [0.717, 1.165) is 34.8 Å². The number of halogens is 2. The molecule has 0 bridgehead atoms. The lowest BCUT2D eigenvalue weighted by Crippen LogP contribution is -2.49. The molecule has 0 aliphatic carbocycles. The molecule has 0 saturated heterocycles. The third-order valence-electron chi connectivity index (χ3n) is 6.79. The number of hydrogen-bond donors (Lipinski definition) is 3. The van der Waals surface area contributed by atoms with Crippen molar-refractivity contribution in [1.29, 1.82) is 0 Å². The van der Waals surface area contributed by atoms with Gasteiger partial charge >= 0.3 is 5.69 Å². The molecule has 3 N–H and O–H groups in total. The summed E-state index contributed by atoms with van der Waals surface area (Å²) in [5, 5.41) is 16.9. The van der Waals surface area contributed by atoms with E-state index in [2.05, 4.69) is 28.6 Å². The molecule has 2 aromatic heterocycles. The molecule has 40 heavy (non-hydrogen) atoms. The minimum absolute atomic E-state index is 0.0283. The molecule has 0 spiro atoms. The molecule has 2 atom stereocenters. The summed E-state index contributed by atoms with van der Waals surface area (Å²) in [6.45, 7) is 2.32. The van der Waals surface area contributed by atoms with Crippen LogP contribution in [0.3, 0.4) is 0 Å². The maximum atomic E-state index is 13.9. The van der Waals surface area contributed by atoms with Gasteiger partial charge in [0.05, 0.1) is 18.5 Å². The smallest absolute Gasteiger partial charge is 0.332 e. The summed E-state index contributed by atoms with van der Waals surface area (Å²) < 4.78 is 31.2. The molecular weight excluding hydrogens is 522 g/mol. The Balaban J connectivity index is 1.51. The second-order valence-electron chi connectivity index (χ2n) is 9.78. The Bertz CT molecular complexity index is 1620. The van der Waals surface area contributed by atoms with E-state index >= 15 is 0 Å². The number of aliphatic hydroxyl groups is 1. The van der Waals surface area contributed by atoms with Crippen LogP contribution in [0.5, 0.6) is 0 Å². The van der Waals surface area contributed by atoms with Gasteiger partial charge in [-0.05, 0) is 41.7 Å². The zero-order valence-corrected chi connectivity index (χ0v) is 22.5. The number of carbonyl (C=O) groups excluding carboxylic acids is 1. The molecule has 1 amide bonds. The number of imidazole rings is 1. The number of nitrogens with zero attached hydrogens (tertiary/aromatic N) is 4. The van der Waals surface area contributed by atoms with Gasteiger partial charge in [-0.15, -0.1) is 0 Å². The van der Waals surface area contributed by atoms with E-state index in [1.54, 1.807) is 0 Å². The number of aliphatic hydroxyl groups excluding tert-OH is 1. The van der Waals surface area contributed by atoms with Crippen LogP contribution in [0.2, 0.25) is 0 Å². The minimum Gasteiger partial charge on any atom is -0.390 e. The molecule has 0 fully saturated rings. The van der Waals surface area contributed by atoms with Crippen LogP contribution in [0.1, 0.15) is 23.6 Å². The summed E-state index contributed by atoms with van der Waals surface area (Å²) in [4.78, 5) is 42.0. The summed E-state index contributed by atoms with van der Waals surface area (Å²) >= 11 is 0. The Morgan fingerprint density at radius 2 is 1.73 bits per heavy atom. The van der Waals surface area contributed by atoms with Crippen LogP contribution < -0.4 is 21.9 Å². The third-order valence-corrected chi connectivity index (χ3v) is 6.79. The van der Waals surface area contributed by atoms with Gasteiger partial charge in [0.1, 0.15) is 23.8 Å². The van der Waals surface area contributed by atoms with E-state index in [4.69, 9.17) is 0 Å². The monoisotopic (exact) mass is 554 g/mol. The highest BCUT2D eigenvalue weighted by atomic mass is 19.1. The van der Waals surface area contributed by atoms with Crippen LogP contribution in [0.25, 0.3) is 11.2 Å². The van der Waals surface area contributed by atoms with Gasteiger partial charge in [0, 0.05) is 33.3 Å². The van der Waals surface area contributed by atoms with Crippen molar-refractivity contribution < 1.29 is 18.7 Å². The molecule has 212 valence electrons. The van der Waals surface area contributed by atoms with Gasteiger partial charge in [0.2, 0.25) is 5.91 Å². The topological polar surface area (TPSA) is 123 Å². The zero-order chi connectivity index (χ0) is 29.0. The molecule has 4 rings (SSSR count). The Morgan fingerprint density at radius 1 is 1.02 bits per heavy atom. The van der Waals surface area contributed by atoms with Gasteiger partial charge in [-0.3, -0.25) is 18.7 Å². The standard InChI is InChI=1S/C28H32F2N6O4/c1-4-17-6-5-7-18(8-17)13-31-14-23(37)22(11-19-9-20(29)12-21(30)10-19)33-24(38)15-36-16-32-25-26(36)34(2)28(40)35(3)27(25)39/h5-10,12,16,22-23,31,37H,4,11,13-15H2,1-3H3,(H,33,38)/t22-,23+/m0/s1. The first-order chi connectivity index (χ1) is 19.1. The number of hydrogen-bond acceptors (Lipinski definition) is 6. The van der Waals surface area contributed by atoms with E-state index in [9.17, 15) is 28.3 Å². The molecule has 0 radical (unpaired) electrons. The quantitative estimate of drug-likeness (QED) is 0.256.